The smallest absolute Gasteiger partial charge is 0.337 e. The highest BCUT2D eigenvalue weighted by molar-refractivity contribution is 5.90. The number of aromatic nitrogens is 3. The van der Waals surface area contributed by atoms with Crippen LogP contribution in [0.25, 0.3) is 5.69 Å². The van der Waals surface area contributed by atoms with Crippen molar-refractivity contribution in [2.75, 3.05) is 14.2 Å². The van der Waals surface area contributed by atoms with Crippen LogP contribution in [0, 0.1) is 0 Å². The third kappa shape index (κ3) is 2.10. The van der Waals surface area contributed by atoms with Gasteiger partial charge in [-0.15, -0.1) is 4.80 Å². The van der Waals surface area contributed by atoms with Gasteiger partial charge in [-0.25, -0.2) is 4.79 Å². The molecule has 1 aromatic carbocycles. The van der Waals surface area contributed by atoms with E-state index in [0.717, 1.165) is 0 Å². The van der Waals surface area contributed by atoms with Gasteiger partial charge in [0.05, 0.1) is 32.2 Å². The lowest BCUT2D eigenvalue weighted by Crippen LogP contribution is -2.06. The molecule has 6 nitrogen and oxygen atoms in total. The second kappa shape index (κ2) is 4.65. The molecule has 0 bridgehead atoms. The molecule has 2 aromatic rings. The largest absolute Gasteiger partial charge is 0.494 e. The number of nitrogens with zero attached hydrogens (tertiary/aromatic N) is 3. The normalized spacial score (nSPS) is 10.0. The van der Waals surface area contributed by atoms with Gasteiger partial charge < -0.3 is 9.47 Å². The van der Waals surface area contributed by atoms with Crippen LogP contribution in [-0.4, -0.2) is 35.2 Å². The minimum atomic E-state index is -0.416. The van der Waals surface area contributed by atoms with Crippen molar-refractivity contribution in [3.63, 3.8) is 0 Å². The Kier molecular flexibility index (Phi) is 3.04. The topological polar surface area (TPSA) is 66.2 Å². The summed E-state index contributed by atoms with van der Waals surface area (Å²) in [5.74, 6) is 0.162. The summed E-state index contributed by atoms with van der Waals surface area (Å²) in [5, 5.41) is 7.99. The van der Waals surface area contributed by atoms with E-state index in [4.69, 9.17) is 4.74 Å². The summed E-state index contributed by atoms with van der Waals surface area (Å²) in [6, 6.07) is 4.91. The molecular weight excluding hydrogens is 222 g/mol. The van der Waals surface area contributed by atoms with Crippen molar-refractivity contribution in [3.8, 4) is 11.4 Å². The Morgan fingerprint density at radius 2 is 1.94 bits per heavy atom. The van der Waals surface area contributed by atoms with E-state index in [-0.39, 0.29) is 0 Å². The van der Waals surface area contributed by atoms with E-state index < -0.39 is 5.97 Å². The van der Waals surface area contributed by atoms with Gasteiger partial charge in [0, 0.05) is 0 Å². The lowest BCUT2D eigenvalue weighted by Gasteiger charge is -2.08. The van der Waals surface area contributed by atoms with E-state index in [9.17, 15) is 4.79 Å². The molecule has 0 N–H and O–H groups in total. The predicted octanol–water partition coefficient (Wildman–Crippen LogP) is 1.06. The Labute approximate surface area is 97.8 Å². The third-order valence-corrected chi connectivity index (χ3v) is 2.23. The molecular formula is C11H11N3O3. The maximum Gasteiger partial charge on any atom is 0.337 e. The van der Waals surface area contributed by atoms with Gasteiger partial charge in [0.15, 0.2) is 0 Å². The number of hydrogen-bond donors (Lipinski definition) is 0. The lowest BCUT2D eigenvalue weighted by molar-refractivity contribution is 0.0600. The summed E-state index contributed by atoms with van der Waals surface area (Å²) in [7, 11) is 2.87. The molecule has 0 radical (unpaired) electrons. The fraction of sp³-hybridized carbons (Fsp3) is 0.182. The Morgan fingerprint density at radius 3 is 2.53 bits per heavy atom. The van der Waals surface area contributed by atoms with Gasteiger partial charge in [-0.05, 0) is 18.2 Å². The van der Waals surface area contributed by atoms with Gasteiger partial charge in [0.25, 0.3) is 0 Å². The van der Waals surface area contributed by atoms with Gasteiger partial charge in [-0.2, -0.15) is 10.2 Å². The molecule has 0 saturated carbocycles. The Bertz CT molecular complexity index is 523. The van der Waals surface area contributed by atoms with Crippen molar-refractivity contribution < 1.29 is 14.3 Å². The van der Waals surface area contributed by atoms with E-state index in [2.05, 4.69) is 14.9 Å². The molecule has 88 valence electrons. The number of benzene rings is 1. The van der Waals surface area contributed by atoms with Crippen LogP contribution in [-0.2, 0) is 4.74 Å². The molecule has 0 amide bonds. The maximum absolute atomic E-state index is 11.4. The molecule has 1 heterocycles. The van der Waals surface area contributed by atoms with E-state index in [0.29, 0.717) is 17.0 Å². The number of rotatable bonds is 3. The molecule has 0 saturated heterocycles. The monoisotopic (exact) mass is 233 g/mol. The molecule has 2 rings (SSSR count). The van der Waals surface area contributed by atoms with Crippen LogP contribution in [0.5, 0.6) is 5.75 Å². The fourth-order valence-corrected chi connectivity index (χ4v) is 1.43. The molecule has 0 atom stereocenters. The van der Waals surface area contributed by atoms with Gasteiger partial charge >= 0.3 is 5.97 Å². The molecule has 1 aromatic heterocycles. The van der Waals surface area contributed by atoms with Gasteiger partial charge in [0.2, 0.25) is 0 Å². The van der Waals surface area contributed by atoms with Crippen molar-refractivity contribution in [2.45, 2.75) is 0 Å². The molecule has 0 spiro atoms. The highest BCUT2D eigenvalue weighted by Crippen LogP contribution is 2.22. The van der Waals surface area contributed by atoms with Gasteiger partial charge in [-0.1, -0.05) is 0 Å². The van der Waals surface area contributed by atoms with E-state index >= 15 is 0 Å². The summed E-state index contributed by atoms with van der Waals surface area (Å²) in [5.41, 5.74) is 1.00. The summed E-state index contributed by atoms with van der Waals surface area (Å²) >= 11 is 0. The SMILES string of the molecule is COC(=O)c1ccc(OC)c(-n2nccn2)c1. The molecule has 0 fully saturated rings. The second-order valence-corrected chi connectivity index (χ2v) is 3.20. The standard InChI is InChI=1S/C11H11N3O3/c1-16-10-4-3-8(11(15)17-2)7-9(10)14-12-5-6-13-14/h3-7H,1-2H3. The summed E-state index contributed by atoms with van der Waals surface area (Å²) in [4.78, 5) is 12.8. The Balaban J connectivity index is 2.51. The average molecular weight is 233 g/mol. The summed E-state index contributed by atoms with van der Waals surface area (Å²) < 4.78 is 9.84. The number of ether oxygens (including phenoxy) is 2. The van der Waals surface area contributed by atoms with Crippen molar-refractivity contribution in [2.24, 2.45) is 0 Å². The Morgan fingerprint density at radius 1 is 1.24 bits per heavy atom. The molecule has 0 unspecified atom stereocenters. The molecule has 0 aliphatic heterocycles. The van der Waals surface area contributed by atoms with Crippen LogP contribution >= 0.6 is 0 Å². The zero-order valence-corrected chi connectivity index (χ0v) is 9.45. The van der Waals surface area contributed by atoms with E-state index in [1.807, 2.05) is 0 Å². The van der Waals surface area contributed by atoms with Gasteiger partial charge in [0.1, 0.15) is 11.4 Å². The van der Waals surface area contributed by atoms with Crippen molar-refractivity contribution in [1.29, 1.82) is 0 Å². The minimum absolute atomic E-state index is 0.416. The average Bonchev–Trinajstić information content (AvgIpc) is 2.90. The minimum Gasteiger partial charge on any atom is -0.494 e. The first-order valence-electron chi connectivity index (χ1n) is 4.89. The first kappa shape index (κ1) is 11.1. The maximum atomic E-state index is 11.4. The van der Waals surface area contributed by atoms with Crippen LogP contribution in [0.3, 0.4) is 0 Å². The van der Waals surface area contributed by atoms with E-state index in [1.165, 1.54) is 11.9 Å². The number of methoxy groups -OCH3 is 2. The van der Waals surface area contributed by atoms with Crippen LogP contribution in [0.1, 0.15) is 10.4 Å². The van der Waals surface area contributed by atoms with Crippen molar-refractivity contribution in [1.82, 2.24) is 15.0 Å². The van der Waals surface area contributed by atoms with Crippen LogP contribution in [0.2, 0.25) is 0 Å². The van der Waals surface area contributed by atoms with Gasteiger partial charge in [-0.3, -0.25) is 0 Å². The first-order valence-corrected chi connectivity index (χ1v) is 4.89. The second-order valence-electron chi connectivity index (χ2n) is 3.20. The summed E-state index contributed by atoms with van der Waals surface area (Å²) in [6.45, 7) is 0. The number of esters is 1. The highest BCUT2D eigenvalue weighted by Gasteiger charge is 2.12. The molecule has 0 aliphatic rings. The van der Waals surface area contributed by atoms with Crippen molar-refractivity contribution >= 4 is 5.97 Å². The number of carbonyl (C=O) groups is 1. The first-order chi connectivity index (χ1) is 8.26. The molecule has 0 aliphatic carbocycles. The third-order valence-electron chi connectivity index (χ3n) is 2.23. The van der Waals surface area contributed by atoms with Crippen LogP contribution in [0.15, 0.2) is 30.6 Å². The van der Waals surface area contributed by atoms with Crippen LogP contribution in [0.4, 0.5) is 0 Å². The zero-order valence-electron chi connectivity index (χ0n) is 9.45. The van der Waals surface area contributed by atoms with Crippen LogP contribution < -0.4 is 4.74 Å². The van der Waals surface area contributed by atoms with Crippen molar-refractivity contribution in [3.05, 3.63) is 36.2 Å². The Hall–Kier alpha value is -2.37. The highest BCUT2D eigenvalue weighted by atomic mass is 16.5. The molecule has 6 heteroatoms. The fourth-order valence-electron chi connectivity index (χ4n) is 1.43. The molecule has 17 heavy (non-hydrogen) atoms. The zero-order chi connectivity index (χ0) is 12.3. The predicted molar refractivity (Wildman–Crippen MR) is 59.3 cm³/mol. The van der Waals surface area contributed by atoms with E-state index in [1.54, 1.807) is 37.7 Å². The quantitative estimate of drug-likeness (QED) is 0.741. The number of carbonyl (C=O) groups excluding carboxylic acids is 1. The number of hydrogen-bond acceptors (Lipinski definition) is 5. The summed E-state index contributed by atoms with van der Waals surface area (Å²) in [6.07, 6.45) is 3.09. The lowest BCUT2D eigenvalue weighted by atomic mass is 10.2.